The van der Waals surface area contributed by atoms with Crippen LogP contribution in [-0.4, -0.2) is 28.7 Å². The van der Waals surface area contributed by atoms with Crippen molar-refractivity contribution in [3.05, 3.63) is 20.7 Å². The Hall–Kier alpha value is -1.14. The van der Waals surface area contributed by atoms with E-state index in [1.807, 2.05) is 13.8 Å². The van der Waals surface area contributed by atoms with Crippen molar-refractivity contribution in [1.29, 1.82) is 0 Å². The van der Waals surface area contributed by atoms with Crippen molar-refractivity contribution < 1.29 is 9.90 Å². The Morgan fingerprint density at radius 1 is 1.61 bits per heavy atom. The Kier molecular flexibility index (Phi) is 6.07. The Morgan fingerprint density at radius 3 is 2.83 bits per heavy atom. The molecule has 102 valence electrons. The van der Waals surface area contributed by atoms with Crippen molar-refractivity contribution in [3.63, 3.8) is 0 Å². The lowest BCUT2D eigenvalue weighted by Gasteiger charge is -2.14. The zero-order valence-corrected chi connectivity index (χ0v) is 11.6. The van der Waals surface area contributed by atoms with Gasteiger partial charge in [-0.25, -0.2) is 0 Å². The average Bonchev–Trinajstić information content (AvgIpc) is 2.66. The fraction of sp³-hybridized carbons (Fsp3) is 0.667. The van der Waals surface area contributed by atoms with Crippen molar-refractivity contribution >= 4 is 17.2 Å². The quantitative estimate of drug-likeness (QED) is 0.769. The lowest BCUT2D eigenvalue weighted by molar-refractivity contribution is -0.121. The maximum Gasteiger partial charge on any atom is 0.307 e. The number of hydrogen-bond donors (Lipinski definition) is 2. The Bertz CT molecular complexity index is 439. The number of aliphatic hydroxyl groups is 1. The van der Waals surface area contributed by atoms with E-state index >= 15 is 0 Å². The van der Waals surface area contributed by atoms with Crippen LogP contribution < -0.4 is 10.2 Å². The normalized spacial score (nSPS) is 12.4. The molecule has 1 amide bonds. The van der Waals surface area contributed by atoms with E-state index in [4.69, 9.17) is 5.11 Å². The van der Waals surface area contributed by atoms with Crippen LogP contribution in [-0.2, 0) is 11.3 Å². The highest BCUT2D eigenvalue weighted by molar-refractivity contribution is 7.07. The number of carbonyl (C=O) groups excluding carboxylic acids is 1. The van der Waals surface area contributed by atoms with Crippen LogP contribution in [0.25, 0.3) is 0 Å². The first-order valence-electron chi connectivity index (χ1n) is 6.11. The van der Waals surface area contributed by atoms with Crippen LogP contribution in [0, 0.1) is 12.8 Å². The highest BCUT2D eigenvalue weighted by atomic mass is 32.1. The molecule has 0 aliphatic rings. The van der Waals surface area contributed by atoms with Gasteiger partial charge in [0.1, 0.15) is 6.54 Å². The lowest BCUT2D eigenvalue weighted by atomic mass is 10.0. The molecular weight excluding hydrogens is 252 g/mol. The molecule has 1 unspecified atom stereocenters. The SMILES string of the molecule is CCC(CCO)CNC(=O)Cn1c(C)csc1=O. The number of nitrogens with one attached hydrogen (secondary N) is 1. The van der Waals surface area contributed by atoms with Gasteiger partial charge in [-0.3, -0.25) is 14.2 Å². The van der Waals surface area contributed by atoms with Crippen LogP contribution in [0.5, 0.6) is 0 Å². The van der Waals surface area contributed by atoms with Crippen LogP contribution >= 0.6 is 11.3 Å². The van der Waals surface area contributed by atoms with Crippen LogP contribution in [0.2, 0.25) is 0 Å². The molecule has 1 atom stereocenters. The fourth-order valence-electron chi connectivity index (χ4n) is 1.69. The number of thiazole rings is 1. The van der Waals surface area contributed by atoms with E-state index in [0.29, 0.717) is 18.9 Å². The molecule has 0 saturated carbocycles. The van der Waals surface area contributed by atoms with E-state index < -0.39 is 0 Å². The van der Waals surface area contributed by atoms with Gasteiger partial charge in [0.25, 0.3) is 0 Å². The number of nitrogens with zero attached hydrogens (tertiary/aromatic N) is 1. The van der Waals surface area contributed by atoms with Crippen molar-refractivity contribution in [1.82, 2.24) is 9.88 Å². The molecule has 0 bridgehead atoms. The van der Waals surface area contributed by atoms with E-state index in [0.717, 1.165) is 23.5 Å². The van der Waals surface area contributed by atoms with Gasteiger partial charge in [-0.1, -0.05) is 24.7 Å². The Balaban J connectivity index is 2.45. The molecule has 2 N–H and O–H groups in total. The minimum atomic E-state index is -0.157. The second-order valence-electron chi connectivity index (χ2n) is 4.32. The van der Waals surface area contributed by atoms with Crippen molar-refractivity contribution in [2.45, 2.75) is 33.2 Å². The molecular formula is C12H20N2O3S. The first-order valence-corrected chi connectivity index (χ1v) is 6.99. The number of aryl methyl sites for hydroxylation is 1. The maximum atomic E-state index is 11.7. The third kappa shape index (κ3) is 4.27. The van der Waals surface area contributed by atoms with Gasteiger partial charge in [-0.15, -0.1) is 0 Å². The highest BCUT2D eigenvalue weighted by Crippen LogP contribution is 2.05. The topological polar surface area (TPSA) is 71.3 Å². The van der Waals surface area contributed by atoms with E-state index in [1.165, 1.54) is 4.57 Å². The molecule has 0 spiro atoms. The summed E-state index contributed by atoms with van der Waals surface area (Å²) in [5.41, 5.74) is 0.808. The largest absolute Gasteiger partial charge is 0.396 e. The van der Waals surface area contributed by atoms with Crippen LogP contribution in [0.1, 0.15) is 25.5 Å². The van der Waals surface area contributed by atoms with E-state index in [2.05, 4.69) is 5.32 Å². The smallest absolute Gasteiger partial charge is 0.307 e. The van der Waals surface area contributed by atoms with E-state index in [-0.39, 0.29) is 23.9 Å². The summed E-state index contributed by atoms with van der Waals surface area (Å²) in [7, 11) is 0. The van der Waals surface area contributed by atoms with Gasteiger partial charge in [0.15, 0.2) is 0 Å². The zero-order valence-electron chi connectivity index (χ0n) is 10.8. The molecule has 6 heteroatoms. The third-order valence-electron chi connectivity index (χ3n) is 2.98. The Morgan fingerprint density at radius 2 is 2.33 bits per heavy atom. The first-order chi connectivity index (χ1) is 8.58. The average molecular weight is 272 g/mol. The number of hydrogen-bond acceptors (Lipinski definition) is 4. The van der Waals surface area contributed by atoms with Crippen molar-refractivity contribution in [2.24, 2.45) is 5.92 Å². The summed E-state index contributed by atoms with van der Waals surface area (Å²) in [5, 5.41) is 13.4. The van der Waals surface area contributed by atoms with Gasteiger partial charge in [0.05, 0.1) is 0 Å². The Labute approximate surface area is 110 Å². The molecule has 5 nitrogen and oxygen atoms in total. The number of rotatable bonds is 7. The second kappa shape index (κ2) is 7.33. The summed E-state index contributed by atoms with van der Waals surface area (Å²) >= 11 is 1.10. The van der Waals surface area contributed by atoms with Gasteiger partial charge in [0.2, 0.25) is 5.91 Å². The lowest BCUT2D eigenvalue weighted by Crippen LogP contribution is -2.34. The minimum absolute atomic E-state index is 0.0731. The molecule has 18 heavy (non-hydrogen) atoms. The molecule has 1 heterocycles. The zero-order chi connectivity index (χ0) is 13.5. The predicted molar refractivity (Wildman–Crippen MR) is 71.8 cm³/mol. The summed E-state index contributed by atoms with van der Waals surface area (Å²) < 4.78 is 1.47. The van der Waals surface area contributed by atoms with E-state index in [9.17, 15) is 9.59 Å². The molecule has 1 rings (SSSR count). The summed E-state index contributed by atoms with van der Waals surface area (Å²) in [4.78, 5) is 23.0. The van der Waals surface area contributed by atoms with Gasteiger partial charge in [0, 0.05) is 24.2 Å². The van der Waals surface area contributed by atoms with Crippen LogP contribution in [0.4, 0.5) is 0 Å². The number of amides is 1. The van der Waals surface area contributed by atoms with Crippen LogP contribution in [0.3, 0.4) is 0 Å². The summed E-state index contributed by atoms with van der Waals surface area (Å²) in [6.45, 7) is 4.60. The molecule has 0 aromatic carbocycles. The van der Waals surface area contributed by atoms with Crippen molar-refractivity contribution in [3.8, 4) is 0 Å². The van der Waals surface area contributed by atoms with Gasteiger partial charge in [-0.2, -0.15) is 0 Å². The number of aromatic nitrogens is 1. The van der Waals surface area contributed by atoms with Gasteiger partial charge in [-0.05, 0) is 19.3 Å². The third-order valence-corrected chi connectivity index (χ3v) is 3.86. The maximum absolute atomic E-state index is 11.7. The highest BCUT2D eigenvalue weighted by Gasteiger charge is 2.10. The monoisotopic (exact) mass is 272 g/mol. The molecule has 0 aliphatic heterocycles. The standard InChI is InChI=1S/C12H20N2O3S/c1-3-10(4-5-15)6-13-11(16)7-14-9(2)8-18-12(14)17/h8,10,15H,3-7H2,1-2H3,(H,13,16). The van der Waals surface area contributed by atoms with Crippen molar-refractivity contribution in [2.75, 3.05) is 13.2 Å². The molecule has 0 saturated heterocycles. The summed E-state index contributed by atoms with van der Waals surface area (Å²) in [6, 6.07) is 0. The van der Waals surface area contributed by atoms with Gasteiger partial charge >= 0.3 is 4.87 Å². The van der Waals surface area contributed by atoms with E-state index in [1.54, 1.807) is 5.38 Å². The molecule has 1 aromatic heterocycles. The van der Waals surface area contributed by atoms with Gasteiger partial charge < -0.3 is 10.4 Å². The minimum Gasteiger partial charge on any atom is -0.396 e. The molecule has 0 aliphatic carbocycles. The second-order valence-corrected chi connectivity index (χ2v) is 5.14. The number of aliphatic hydroxyl groups excluding tert-OH is 1. The summed E-state index contributed by atoms with van der Waals surface area (Å²) in [6.07, 6.45) is 1.60. The fourth-order valence-corrected chi connectivity index (χ4v) is 2.42. The molecule has 1 aromatic rings. The predicted octanol–water partition coefficient (Wildman–Crippen LogP) is 0.743. The molecule has 0 fully saturated rings. The molecule has 0 radical (unpaired) electrons. The van der Waals surface area contributed by atoms with Crippen LogP contribution in [0.15, 0.2) is 10.2 Å². The summed E-state index contributed by atoms with van der Waals surface area (Å²) in [5.74, 6) is 0.134. The number of carbonyl (C=O) groups is 1. The first kappa shape index (κ1) is 14.9.